The molecule has 2 N–H and O–H groups in total. The molecule has 0 amide bonds. The van der Waals surface area contributed by atoms with Crippen LogP contribution in [0.1, 0.15) is 41.5 Å². The van der Waals surface area contributed by atoms with Gasteiger partial charge in [0.05, 0.1) is 16.1 Å². The number of ether oxygens (including phenoxy) is 1. The van der Waals surface area contributed by atoms with Crippen molar-refractivity contribution in [2.24, 2.45) is 5.73 Å². The lowest BCUT2D eigenvalue weighted by Crippen LogP contribution is -2.03. The fraction of sp³-hybridized carbons (Fsp3) is 0.318. The molecule has 160 valence electrons. The smallest absolute Gasteiger partial charge is 0.416 e. The summed E-state index contributed by atoms with van der Waals surface area (Å²) >= 11 is 7.63. The van der Waals surface area contributed by atoms with Gasteiger partial charge in [-0.15, -0.1) is 11.3 Å². The van der Waals surface area contributed by atoms with E-state index in [1.165, 1.54) is 23.5 Å². The maximum atomic E-state index is 12.8. The molecule has 8 heteroatoms. The monoisotopic (exact) mass is 454 g/mol. The second kappa shape index (κ2) is 9.81. The Morgan fingerprint density at radius 3 is 2.47 bits per heavy atom. The summed E-state index contributed by atoms with van der Waals surface area (Å²) in [5, 5.41) is 1.24. The van der Waals surface area contributed by atoms with E-state index < -0.39 is 11.7 Å². The number of nitrogens with two attached hydrogens (primary N) is 1. The fourth-order valence-corrected chi connectivity index (χ4v) is 4.17. The van der Waals surface area contributed by atoms with Crippen LogP contribution in [0, 0.1) is 0 Å². The van der Waals surface area contributed by atoms with Crippen LogP contribution in [0.2, 0.25) is 5.02 Å². The highest BCUT2D eigenvalue weighted by atomic mass is 35.5. The van der Waals surface area contributed by atoms with Crippen molar-refractivity contribution in [3.63, 3.8) is 0 Å². The lowest BCUT2D eigenvalue weighted by atomic mass is 10.1. The molecule has 1 aromatic heterocycles. The third kappa shape index (κ3) is 5.53. The van der Waals surface area contributed by atoms with Gasteiger partial charge in [-0.25, -0.2) is 4.98 Å². The van der Waals surface area contributed by atoms with E-state index in [4.69, 9.17) is 22.1 Å². The van der Waals surface area contributed by atoms with Gasteiger partial charge in [0.15, 0.2) is 0 Å². The lowest BCUT2D eigenvalue weighted by Gasteiger charge is -2.08. The Labute approximate surface area is 182 Å². The molecule has 0 aliphatic rings. The number of benzene rings is 2. The number of nitrogens with zero attached hydrogens (tertiary/aromatic N) is 1. The summed E-state index contributed by atoms with van der Waals surface area (Å²) in [7, 11) is 0. The predicted molar refractivity (Wildman–Crippen MR) is 115 cm³/mol. The van der Waals surface area contributed by atoms with Crippen LogP contribution >= 0.6 is 22.9 Å². The Morgan fingerprint density at radius 2 is 1.87 bits per heavy atom. The van der Waals surface area contributed by atoms with Crippen LogP contribution in [-0.2, 0) is 25.7 Å². The minimum absolute atomic E-state index is 0.315. The quantitative estimate of drug-likeness (QED) is 0.404. The first kappa shape index (κ1) is 22.6. The zero-order valence-corrected chi connectivity index (χ0v) is 18.0. The van der Waals surface area contributed by atoms with Crippen molar-refractivity contribution in [3.8, 4) is 16.3 Å². The van der Waals surface area contributed by atoms with Gasteiger partial charge in [-0.1, -0.05) is 43.1 Å². The van der Waals surface area contributed by atoms with Gasteiger partial charge in [-0.05, 0) is 42.7 Å². The molecule has 1 heterocycles. The summed E-state index contributed by atoms with van der Waals surface area (Å²) < 4.78 is 44.4. The highest BCUT2D eigenvalue weighted by Gasteiger charge is 2.30. The van der Waals surface area contributed by atoms with Crippen LogP contribution in [-0.4, -0.2) is 4.98 Å². The number of hydrogen-bond acceptors (Lipinski definition) is 4. The molecule has 30 heavy (non-hydrogen) atoms. The van der Waals surface area contributed by atoms with Crippen LogP contribution in [0.25, 0.3) is 10.6 Å². The summed E-state index contributed by atoms with van der Waals surface area (Å²) in [5.41, 5.74) is 7.38. The molecule has 3 aromatic rings. The molecule has 0 saturated carbocycles. The van der Waals surface area contributed by atoms with Crippen molar-refractivity contribution >= 4 is 22.9 Å². The molecule has 0 aliphatic carbocycles. The van der Waals surface area contributed by atoms with Crippen LogP contribution in [0.4, 0.5) is 13.2 Å². The minimum atomic E-state index is -4.35. The van der Waals surface area contributed by atoms with Crippen LogP contribution in [0.3, 0.4) is 0 Å². The molecule has 0 bridgehead atoms. The predicted octanol–water partition coefficient (Wildman–Crippen LogP) is 6.86. The molecule has 0 spiro atoms. The van der Waals surface area contributed by atoms with E-state index >= 15 is 0 Å². The van der Waals surface area contributed by atoms with Crippen LogP contribution in [0.5, 0.6) is 5.75 Å². The Bertz CT molecular complexity index is 987. The first-order valence-electron chi connectivity index (χ1n) is 9.59. The largest absolute Gasteiger partial charge is 0.488 e. The van der Waals surface area contributed by atoms with Crippen molar-refractivity contribution in [1.82, 2.24) is 4.98 Å². The number of aromatic nitrogens is 1. The van der Waals surface area contributed by atoms with Gasteiger partial charge in [-0.3, -0.25) is 0 Å². The first-order valence-corrected chi connectivity index (χ1v) is 10.8. The molecule has 0 unspecified atom stereocenters. The van der Waals surface area contributed by atoms with E-state index in [1.54, 1.807) is 6.07 Å². The molecule has 0 aliphatic heterocycles. The van der Waals surface area contributed by atoms with Crippen molar-refractivity contribution in [2.45, 2.75) is 45.5 Å². The lowest BCUT2D eigenvalue weighted by molar-refractivity contribution is -0.137. The number of thiazole rings is 1. The fourth-order valence-electron chi connectivity index (χ4n) is 2.89. The highest BCUT2D eigenvalue weighted by Crippen LogP contribution is 2.34. The number of rotatable bonds is 8. The SMILES string of the molecule is CCCCc1nc(-c2ccc(C(F)(F)F)cc2)sc1COc1ccc(CN)c(Cl)c1. The van der Waals surface area contributed by atoms with Crippen molar-refractivity contribution < 1.29 is 17.9 Å². The normalized spacial score (nSPS) is 11.7. The molecule has 0 atom stereocenters. The zero-order chi connectivity index (χ0) is 21.7. The summed E-state index contributed by atoms with van der Waals surface area (Å²) in [5.74, 6) is 0.628. The summed E-state index contributed by atoms with van der Waals surface area (Å²) in [4.78, 5) is 5.64. The van der Waals surface area contributed by atoms with Crippen molar-refractivity contribution in [1.29, 1.82) is 0 Å². The minimum Gasteiger partial charge on any atom is -0.488 e. The highest BCUT2D eigenvalue weighted by molar-refractivity contribution is 7.15. The van der Waals surface area contributed by atoms with Crippen molar-refractivity contribution in [3.05, 3.63) is 69.2 Å². The van der Waals surface area contributed by atoms with Gasteiger partial charge in [0.1, 0.15) is 17.4 Å². The maximum Gasteiger partial charge on any atom is 0.416 e. The van der Waals surface area contributed by atoms with Gasteiger partial charge in [0.25, 0.3) is 0 Å². The molecule has 3 rings (SSSR count). The molecule has 0 saturated heterocycles. The van der Waals surface area contributed by atoms with Gasteiger partial charge < -0.3 is 10.5 Å². The summed E-state index contributed by atoms with van der Waals surface area (Å²) in [6, 6.07) is 10.5. The van der Waals surface area contributed by atoms with Crippen LogP contribution < -0.4 is 10.5 Å². The number of aryl methyl sites for hydroxylation is 1. The number of halogens is 4. The van der Waals surface area contributed by atoms with Gasteiger partial charge in [-0.2, -0.15) is 13.2 Å². The first-order chi connectivity index (χ1) is 14.3. The number of alkyl halides is 3. The van der Waals surface area contributed by atoms with Crippen molar-refractivity contribution in [2.75, 3.05) is 0 Å². The molecule has 0 fully saturated rings. The maximum absolute atomic E-state index is 12.8. The second-order valence-corrected chi connectivity index (χ2v) is 8.30. The van der Waals surface area contributed by atoms with Crippen LogP contribution in [0.15, 0.2) is 42.5 Å². The standard InChI is InChI=1S/C22H22ClF3N2OS/c1-2-3-4-19-20(13-29-17-10-7-15(12-27)18(23)11-17)30-21(28-19)14-5-8-16(9-6-14)22(24,25)26/h5-11H,2-4,12-13,27H2,1H3. The second-order valence-electron chi connectivity index (χ2n) is 6.81. The molecule has 0 radical (unpaired) electrons. The topological polar surface area (TPSA) is 48.1 Å². The number of unbranched alkanes of at least 4 members (excludes halogenated alkanes) is 1. The Morgan fingerprint density at radius 1 is 1.13 bits per heavy atom. The molecule has 3 nitrogen and oxygen atoms in total. The Hall–Kier alpha value is -2.09. The van der Waals surface area contributed by atoms with Gasteiger partial charge in [0, 0.05) is 17.1 Å². The number of hydrogen-bond donors (Lipinski definition) is 1. The average molecular weight is 455 g/mol. The molecule has 2 aromatic carbocycles. The third-order valence-electron chi connectivity index (χ3n) is 4.62. The molecular formula is C22H22ClF3N2OS. The Kier molecular flexibility index (Phi) is 7.39. The van der Waals surface area contributed by atoms with Gasteiger partial charge >= 0.3 is 6.18 Å². The zero-order valence-electron chi connectivity index (χ0n) is 16.4. The molecular weight excluding hydrogens is 433 g/mol. The van der Waals surface area contributed by atoms with E-state index in [0.29, 0.717) is 34.5 Å². The van der Waals surface area contributed by atoms with E-state index in [0.717, 1.165) is 47.5 Å². The average Bonchev–Trinajstić information content (AvgIpc) is 3.13. The van der Waals surface area contributed by atoms with E-state index in [1.807, 2.05) is 12.1 Å². The van der Waals surface area contributed by atoms with E-state index in [2.05, 4.69) is 11.9 Å². The third-order valence-corrected chi connectivity index (χ3v) is 6.09. The Balaban J connectivity index is 1.81. The van der Waals surface area contributed by atoms with E-state index in [9.17, 15) is 13.2 Å². The van der Waals surface area contributed by atoms with Gasteiger partial charge in [0.2, 0.25) is 0 Å². The van der Waals surface area contributed by atoms with E-state index in [-0.39, 0.29) is 0 Å². The summed E-state index contributed by atoms with van der Waals surface area (Å²) in [6.07, 6.45) is -1.57. The summed E-state index contributed by atoms with van der Waals surface area (Å²) in [6.45, 7) is 2.77.